The van der Waals surface area contributed by atoms with Crippen LogP contribution in [0.25, 0.3) is 22.1 Å². The van der Waals surface area contributed by atoms with E-state index >= 15 is 0 Å². The lowest BCUT2D eigenvalue weighted by atomic mass is 10.2. The van der Waals surface area contributed by atoms with Gasteiger partial charge in [-0.1, -0.05) is 36.0 Å². The predicted octanol–water partition coefficient (Wildman–Crippen LogP) is 2.65. The van der Waals surface area contributed by atoms with Crippen molar-refractivity contribution in [1.82, 2.24) is 25.1 Å². The average molecular weight is 407 g/mol. The van der Waals surface area contributed by atoms with Crippen molar-refractivity contribution in [2.45, 2.75) is 11.7 Å². The molecule has 0 radical (unpaired) electrons. The van der Waals surface area contributed by atoms with Crippen molar-refractivity contribution in [2.75, 3.05) is 12.5 Å². The number of hydrogen-bond acceptors (Lipinski definition) is 7. The maximum Gasteiger partial charge on any atom is 0.231 e. The summed E-state index contributed by atoms with van der Waals surface area (Å²) >= 11 is 1.26. The Kier molecular flexibility index (Phi) is 4.44. The summed E-state index contributed by atoms with van der Waals surface area (Å²) in [6.07, 6.45) is 0. The Hall–Kier alpha value is -3.33. The van der Waals surface area contributed by atoms with Crippen LogP contribution in [0.15, 0.2) is 47.6 Å². The Morgan fingerprint density at radius 3 is 2.97 bits per heavy atom. The Morgan fingerprint density at radius 2 is 2.03 bits per heavy atom. The Bertz CT molecular complexity index is 1240. The van der Waals surface area contributed by atoms with Gasteiger partial charge in [-0.05, 0) is 23.8 Å². The molecule has 0 fully saturated rings. The van der Waals surface area contributed by atoms with Gasteiger partial charge in [0.05, 0.1) is 11.3 Å². The summed E-state index contributed by atoms with van der Waals surface area (Å²) in [6.45, 7) is 0.647. The average Bonchev–Trinajstić information content (AvgIpc) is 3.33. The van der Waals surface area contributed by atoms with E-state index in [4.69, 9.17) is 9.47 Å². The molecule has 5 rings (SSSR count). The van der Waals surface area contributed by atoms with Gasteiger partial charge in [0, 0.05) is 19.0 Å². The first kappa shape index (κ1) is 17.7. The second-order valence-corrected chi connectivity index (χ2v) is 7.54. The predicted molar refractivity (Wildman–Crippen MR) is 109 cm³/mol. The van der Waals surface area contributed by atoms with Crippen molar-refractivity contribution < 1.29 is 14.3 Å². The maximum atomic E-state index is 12.2. The number of carbonyl (C=O) groups excluding carboxylic acids is 1. The Balaban J connectivity index is 1.24. The molecular formula is C20H17N5O3S. The molecule has 29 heavy (non-hydrogen) atoms. The number of fused-ring (bicyclic) bond motifs is 4. The number of benzene rings is 2. The number of aromatic nitrogens is 4. The summed E-state index contributed by atoms with van der Waals surface area (Å²) in [5.41, 5.74) is 3.51. The third-order valence-electron chi connectivity index (χ3n) is 4.75. The van der Waals surface area contributed by atoms with Gasteiger partial charge in [-0.2, -0.15) is 0 Å². The highest BCUT2D eigenvalue weighted by Gasteiger charge is 2.15. The van der Waals surface area contributed by atoms with Crippen LogP contribution in [-0.2, 0) is 18.4 Å². The molecule has 0 aliphatic carbocycles. The first-order valence-corrected chi connectivity index (χ1v) is 10.0. The van der Waals surface area contributed by atoms with Crippen LogP contribution < -0.4 is 14.8 Å². The van der Waals surface area contributed by atoms with Gasteiger partial charge in [-0.3, -0.25) is 4.79 Å². The van der Waals surface area contributed by atoms with Crippen molar-refractivity contribution in [1.29, 1.82) is 0 Å². The molecule has 0 unspecified atom stereocenters. The molecule has 8 nitrogen and oxygen atoms in total. The number of ether oxygens (including phenoxy) is 2. The summed E-state index contributed by atoms with van der Waals surface area (Å²) in [5.74, 6) is 1.54. The number of aryl methyl sites for hydroxylation is 1. The Morgan fingerprint density at radius 1 is 1.17 bits per heavy atom. The molecular weight excluding hydrogens is 390 g/mol. The summed E-state index contributed by atoms with van der Waals surface area (Å²) in [6, 6.07) is 13.6. The van der Waals surface area contributed by atoms with Crippen molar-refractivity contribution in [3.05, 3.63) is 48.0 Å². The molecule has 1 amide bonds. The van der Waals surface area contributed by atoms with Crippen LogP contribution in [0.4, 0.5) is 0 Å². The van der Waals surface area contributed by atoms with E-state index < -0.39 is 0 Å². The molecule has 2 aromatic heterocycles. The normalized spacial score (nSPS) is 12.6. The van der Waals surface area contributed by atoms with E-state index in [0.717, 1.165) is 33.4 Å². The first-order chi connectivity index (χ1) is 14.2. The molecule has 0 bridgehead atoms. The molecule has 0 saturated heterocycles. The minimum atomic E-state index is -0.103. The van der Waals surface area contributed by atoms with Crippen LogP contribution in [0.2, 0.25) is 0 Å². The number of rotatable bonds is 5. The zero-order valence-electron chi connectivity index (χ0n) is 15.6. The number of para-hydroxylation sites is 1. The van der Waals surface area contributed by atoms with E-state index in [1.165, 1.54) is 11.8 Å². The van der Waals surface area contributed by atoms with Crippen molar-refractivity contribution >= 4 is 39.7 Å². The quantitative estimate of drug-likeness (QED) is 0.509. The minimum absolute atomic E-state index is 0.103. The highest BCUT2D eigenvalue weighted by molar-refractivity contribution is 7.99. The summed E-state index contributed by atoms with van der Waals surface area (Å²) < 4.78 is 12.6. The zero-order chi connectivity index (χ0) is 19.8. The lowest BCUT2D eigenvalue weighted by molar-refractivity contribution is -0.118. The number of hydrogen-bond donors (Lipinski definition) is 1. The van der Waals surface area contributed by atoms with Crippen LogP contribution in [0, 0.1) is 0 Å². The monoisotopic (exact) mass is 407 g/mol. The maximum absolute atomic E-state index is 12.2. The van der Waals surface area contributed by atoms with Crippen molar-refractivity contribution in [3.63, 3.8) is 0 Å². The number of thioether (sulfide) groups is 1. The molecule has 4 aromatic rings. The number of nitrogens with one attached hydrogen (secondary N) is 1. The fraction of sp³-hybridized carbons (Fsp3) is 0.200. The molecule has 1 aliphatic rings. The Labute approximate surface area is 170 Å². The summed E-state index contributed by atoms with van der Waals surface area (Å²) in [4.78, 5) is 16.8. The van der Waals surface area contributed by atoms with Gasteiger partial charge in [0.2, 0.25) is 17.9 Å². The zero-order valence-corrected chi connectivity index (χ0v) is 16.4. The molecule has 1 aliphatic heterocycles. The third kappa shape index (κ3) is 3.33. The topological polar surface area (TPSA) is 91.2 Å². The lowest BCUT2D eigenvalue weighted by Crippen LogP contribution is -2.24. The molecule has 1 N–H and O–H groups in total. The van der Waals surface area contributed by atoms with Crippen molar-refractivity contribution in [3.8, 4) is 11.5 Å². The van der Waals surface area contributed by atoms with Gasteiger partial charge in [0.25, 0.3) is 0 Å². The van der Waals surface area contributed by atoms with E-state index in [9.17, 15) is 4.79 Å². The molecule has 0 saturated carbocycles. The summed E-state index contributed by atoms with van der Waals surface area (Å²) in [5, 5.41) is 12.9. The van der Waals surface area contributed by atoms with E-state index in [1.807, 2.05) is 54.1 Å². The molecule has 2 aromatic carbocycles. The molecule has 0 atom stereocenters. The lowest BCUT2D eigenvalue weighted by Gasteiger charge is -2.06. The SMILES string of the molecule is Cn1c2ccccc2c2nnc(SCC(=O)NCc3ccc4c(c3)OCO4)nc21. The fourth-order valence-electron chi connectivity index (χ4n) is 3.29. The fourth-order valence-corrected chi connectivity index (χ4v) is 3.90. The van der Waals surface area contributed by atoms with Gasteiger partial charge < -0.3 is 19.4 Å². The largest absolute Gasteiger partial charge is 0.454 e. The smallest absolute Gasteiger partial charge is 0.231 e. The molecule has 146 valence electrons. The standard InChI is InChI=1S/C20H17N5O3S/c1-25-14-5-3-2-4-13(14)18-19(25)22-20(24-23-18)29-10-17(26)21-9-12-6-7-15-16(8-12)28-11-27-15/h2-8H,9-11H2,1H3,(H,21,26). The van der Waals surface area contributed by atoms with Crippen LogP contribution in [0.1, 0.15) is 5.56 Å². The molecule has 0 spiro atoms. The number of amides is 1. The third-order valence-corrected chi connectivity index (χ3v) is 5.58. The second kappa shape index (κ2) is 7.25. The van der Waals surface area contributed by atoms with Crippen molar-refractivity contribution in [2.24, 2.45) is 7.05 Å². The van der Waals surface area contributed by atoms with Crippen LogP contribution in [0.3, 0.4) is 0 Å². The van der Waals surface area contributed by atoms with E-state index in [2.05, 4.69) is 20.5 Å². The minimum Gasteiger partial charge on any atom is -0.454 e. The highest BCUT2D eigenvalue weighted by atomic mass is 32.2. The van der Waals surface area contributed by atoms with Gasteiger partial charge in [-0.15, -0.1) is 10.2 Å². The van der Waals surface area contributed by atoms with E-state index in [0.29, 0.717) is 17.5 Å². The molecule has 9 heteroatoms. The van der Waals surface area contributed by atoms with Gasteiger partial charge >= 0.3 is 0 Å². The van der Waals surface area contributed by atoms with Crippen LogP contribution in [0.5, 0.6) is 11.5 Å². The van der Waals surface area contributed by atoms with Gasteiger partial charge in [-0.25, -0.2) is 4.98 Å². The van der Waals surface area contributed by atoms with Crippen LogP contribution >= 0.6 is 11.8 Å². The first-order valence-electron chi connectivity index (χ1n) is 9.05. The second-order valence-electron chi connectivity index (χ2n) is 6.60. The van der Waals surface area contributed by atoms with E-state index in [-0.39, 0.29) is 18.5 Å². The van der Waals surface area contributed by atoms with Gasteiger partial charge in [0.15, 0.2) is 17.1 Å². The summed E-state index contributed by atoms with van der Waals surface area (Å²) in [7, 11) is 1.95. The van der Waals surface area contributed by atoms with E-state index in [1.54, 1.807) is 0 Å². The van der Waals surface area contributed by atoms with Gasteiger partial charge in [0.1, 0.15) is 5.52 Å². The number of carbonyl (C=O) groups is 1. The number of nitrogens with zero attached hydrogens (tertiary/aromatic N) is 4. The highest BCUT2D eigenvalue weighted by Crippen LogP contribution is 2.32. The molecule has 3 heterocycles. The van der Waals surface area contributed by atoms with Crippen LogP contribution in [-0.4, -0.2) is 38.2 Å².